The van der Waals surface area contributed by atoms with Gasteiger partial charge in [0.05, 0.1) is 5.69 Å². The minimum atomic E-state index is -0.684. The number of aryl methyl sites for hydroxylation is 1. The second-order valence-corrected chi connectivity index (χ2v) is 10.9. The van der Waals surface area contributed by atoms with Crippen molar-refractivity contribution in [2.24, 2.45) is 0 Å². The van der Waals surface area contributed by atoms with Crippen molar-refractivity contribution in [2.75, 3.05) is 32.0 Å². The van der Waals surface area contributed by atoms with Crippen LogP contribution in [0.3, 0.4) is 0 Å². The van der Waals surface area contributed by atoms with Gasteiger partial charge in [-0.1, -0.05) is 6.07 Å². The molecule has 182 valence electrons. The van der Waals surface area contributed by atoms with Crippen molar-refractivity contribution in [1.29, 1.82) is 0 Å². The second-order valence-electron chi connectivity index (χ2n) is 9.72. The molecule has 4 heterocycles. The van der Waals surface area contributed by atoms with Crippen molar-refractivity contribution >= 4 is 29.0 Å². The lowest BCUT2D eigenvalue weighted by Gasteiger charge is -2.39. The van der Waals surface area contributed by atoms with E-state index in [2.05, 4.69) is 37.8 Å². The summed E-state index contributed by atoms with van der Waals surface area (Å²) in [5, 5.41) is 10.3. The van der Waals surface area contributed by atoms with E-state index in [9.17, 15) is 9.59 Å². The summed E-state index contributed by atoms with van der Waals surface area (Å²) in [4.78, 5) is 40.4. The molecule has 34 heavy (non-hydrogen) atoms. The summed E-state index contributed by atoms with van der Waals surface area (Å²) >= 11 is 1.78. The van der Waals surface area contributed by atoms with E-state index in [0.717, 1.165) is 49.6 Å². The molecule has 0 radical (unpaired) electrons. The number of fused-ring (bicyclic) bond motifs is 1. The highest BCUT2D eigenvalue weighted by Crippen LogP contribution is 2.30. The number of thiazole rings is 1. The Kier molecular flexibility index (Phi) is 6.91. The third-order valence-electron chi connectivity index (χ3n) is 6.87. The number of anilines is 1. The first-order valence-electron chi connectivity index (χ1n) is 12.1. The standard InChI is InChI=1S/C24H33N7O2S/c1-15-3-6-21(26-11-15)29-24(33)23(32)28-17-8-10-31(16-4-5-16)13-19(17)25-12-22-27-18-7-9-30(2)14-20(18)34-22/h3,6,11,16-17,19,25H,4-5,7-10,12-14H2,1-2H3,(H,28,32)(H,26,29,33)/t17-,19+/m0/s1. The van der Waals surface area contributed by atoms with Crippen LogP contribution in [0, 0.1) is 6.92 Å². The zero-order valence-corrected chi connectivity index (χ0v) is 20.7. The summed E-state index contributed by atoms with van der Waals surface area (Å²) in [6.07, 6.45) is 5.99. The number of piperidine rings is 1. The van der Waals surface area contributed by atoms with E-state index in [4.69, 9.17) is 4.98 Å². The van der Waals surface area contributed by atoms with Crippen molar-refractivity contribution in [1.82, 2.24) is 30.4 Å². The summed E-state index contributed by atoms with van der Waals surface area (Å²) in [6.45, 7) is 6.42. The van der Waals surface area contributed by atoms with Crippen LogP contribution in [0.1, 0.15) is 40.4 Å². The average Bonchev–Trinajstić information content (AvgIpc) is 3.59. The molecule has 1 aliphatic carbocycles. The third-order valence-corrected chi connectivity index (χ3v) is 7.95. The maximum Gasteiger partial charge on any atom is 0.314 e. The molecule has 5 rings (SSSR count). The summed E-state index contributed by atoms with van der Waals surface area (Å²) in [5.74, 6) is -0.925. The van der Waals surface area contributed by atoms with Gasteiger partial charge in [-0.3, -0.25) is 14.5 Å². The molecule has 3 N–H and O–H groups in total. The molecule has 2 atom stereocenters. The Morgan fingerprint density at radius 3 is 2.76 bits per heavy atom. The van der Waals surface area contributed by atoms with E-state index in [1.807, 2.05) is 13.0 Å². The van der Waals surface area contributed by atoms with E-state index in [1.54, 1.807) is 23.6 Å². The Balaban J connectivity index is 1.20. The number of likely N-dealkylation sites (N-methyl/N-ethyl adjacent to an activating group) is 1. The van der Waals surface area contributed by atoms with E-state index in [0.29, 0.717) is 18.4 Å². The number of likely N-dealkylation sites (tertiary alicyclic amines) is 1. The minimum Gasteiger partial charge on any atom is -0.343 e. The number of carbonyl (C=O) groups excluding carboxylic acids is 2. The first kappa shape index (κ1) is 23.3. The number of hydrogen-bond acceptors (Lipinski definition) is 8. The number of aromatic nitrogens is 2. The zero-order valence-electron chi connectivity index (χ0n) is 19.8. The fraction of sp³-hybridized carbons (Fsp3) is 0.583. The van der Waals surface area contributed by atoms with Gasteiger partial charge in [-0.25, -0.2) is 9.97 Å². The molecule has 2 aromatic rings. The van der Waals surface area contributed by atoms with E-state index in [-0.39, 0.29) is 12.1 Å². The summed E-state index contributed by atoms with van der Waals surface area (Å²) in [7, 11) is 2.15. The average molecular weight is 484 g/mol. The molecule has 2 fully saturated rings. The van der Waals surface area contributed by atoms with Crippen molar-refractivity contribution < 1.29 is 9.59 Å². The van der Waals surface area contributed by atoms with Gasteiger partial charge in [0.15, 0.2) is 0 Å². The SMILES string of the molecule is Cc1ccc(NC(=O)C(=O)N[C@H]2CCN(C3CC3)C[C@H]2NCc2nc3c(s2)CN(C)CC3)nc1. The molecule has 1 saturated heterocycles. The van der Waals surface area contributed by atoms with Crippen LogP contribution in [0.4, 0.5) is 5.82 Å². The van der Waals surface area contributed by atoms with Gasteiger partial charge in [-0.05, 0) is 44.9 Å². The maximum absolute atomic E-state index is 12.7. The Morgan fingerprint density at radius 2 is 2.00 bits per heavy atom. The molecule has 3 aliphatic rings. The Hall–Kier alpha value is -2.40. The Morgan fingerprint density at radius 1 is 1.15 bits per heavy atom. The fourth-order valence-corrected chi connectivity index (χ4v) is 5.89. The van der Waals surface area contributed by atoms with Crippen molar-refractivity contribution in [3.8, 4) is 0 Å². The first-order chi connectivity index (χ1) is 16.4. The van der Waals surface area contributed by atoms with Gasteiger partial charge in [0.25, 0.3) is 0 Å². The number of nitrogens with zero attached hydrogens (tertiary/aromatic N) is 4. The largest absolute Gasteiger partial charge is 0.343 e. The van der Waals surface area contributed by atoms with Crippen LogP contribution < -0.4 is 16.0 Å². The fourth-order valence-electron chi connectivity index (χ4n) is 4.75. The zero-order chi connectivity index (χ0) is 23.7. The van der Waals surface area contributed by atoms with E-state index < -0.39 is 11.8 Å². The molecule has 10 heteroatoms. The molecule has 2 aliphatic heterocycles. The topological polar surface area (TPSA) is 102 Å². The van der Waals surface area contributed by atoms with Crippen molar-refractivity contribution in [3.05, 3.63) is 39.5 Å². The van der Waals surface area contributed by atoms with Crippen LogP contribution >= 0.6 is 11.3 Å². The number of amides is 2. The smallest absolute Gasteiger partial charge is 0.314 e. The van der Waals surface area contributed by atoms with Gasteiger partial charge in [0, 0.05) is 68.3 Å². The molecule has 1 saturated carbocycles. The molecular formula is C24H33N7O2S. The van der Waals surface area contributed by atoms with E-state index >= 15 is 0 Å². The number of pyridine rings is 1. The number of hydrogen-bond donors (Lipinski definition) is 3. The predicted molar refractivity (Wildman–Crippen MR) is 132 cm³/mol. The normalized spacial score (nSPS) is 23.4. The molecule has 0 bridgehead atoms. The van der Waals surface area contributed by atoms with Crippen molar-refractivity contribution in [3.63, 3.8) is 0 Å². The number of carbonyl (C=O) groups is 2. The quantitative estimate of drug-likeness (QED) is 0.532. The molecule has 9 nitrogen and oxygen atoms in total. The van der Waals surface area contributed by atoms with Gasteiger partial charge in [0.1, 0.15) is 10.8 Å². The predicted octanol–water partition coefficient (Wildman–Crippen LogP) is 1.28. The lowest BCUT2D eigenvalue weighted by molar-refractivity contribution is -0.137. The van der Waals surface area contributed by atoms with Crippen LogP contribution in [0.25, 0.3) is 0 Å². The molecule has 2 amide bonds. The van der Waals surface area contributed by atoms with Gasteiger partial charge in [-0.2, -0.15) is 0 Å². The first-order valence-corrected chi connectivity index (χ1v) is 12.9. The molecule has 0 aromatic carbocycles. The lowest BCUT2D eigenvalue weighted by atomic mass is 9.98. The lowest BCUT2D eigenvalue weighted by Crippen LogP contribution is -2.60. The Bertz CT molecular complexity index is 1040. The second kappa shape index (κ2) is 10.1. The molecule has 0 unspecified atom stereocenters. The number of nitrogens with one attached hydrogen (secondary N) is 3. The Labute approximate surface area is 204 Å². The highest BCUT2D eigenvalue weighted by Gasteiger charge is 2.37. The summed E-state index contributed by atoms with van der Waals surface area (Å²) in [5.41, 5.74) is 2.22. The van der Waals surface area contributed by atoms with E-state index in [1.165, 1.54) is 23.4 Å². The summed E-state index contributed by atoms with van der Waals surface area (Å²) < 4.78 is 0. The van der Waals surface area contributed by atoms with Gasteiger partial charge >= 0.3 is 11.8 Å². The third kappa shape index (κ3) is 5.63. The number of rotatable bonds is 6. The van der Waals surface area contributed by atoms with Gasteiger partial charge in [0.2, 0.25) is 0 Å². The summed E-state index contributed by atoms with van der Waals surface area (Å²) in [6, 6.07) is 4.17. The van der Waals surface area contributed by atoms with Crippen molar-refractivity contribution in [2.45, 2.75) is 63.8 Å². The highest BCUT2D eigenvalue weighted by molar-refractivity contribution is 7.11. The minimum absolute atomic E-state index is 0.0622. The van der Waals surface area contributed by atoms with Gasteiger partial charge < -0.3 is 20.9 Å². The van der Waals surface area contributed by atoms with Crippen LogP contribution in [-0.2, 0) is 29.1 Å². The molecule has 2 aromatic heterocycles. The maximum atomic E-state index is 12.7. The molecular weight excluding hydrogens is 450 g/mol. The van der Waals surface area contributed by atoms with Crippen LogP contribution in [-0.4, -0.2) is 76.4 Å². The van der Waals surface area contributed by atoms with Crippen LogP contribution in [0.2, 0.25) is 0 Å². The van der Waals surface area contributed by atoms with Crippen LogP contribution in [0.15, 0.2) is 18.3 Å². The molecule has 0 spiro atoms. The van der Waals surface area contributed by atoms with Gasteiger partial charge in [-0.15, -0.1) is 11.3 Å². The monoisotopic (exact) mass is 483 g/mol. The van der Waals surface area contributed by atoms with Crippen LogP contribution in [0.5, 0.6) is 0 Å². The highest BCUT2D eigenvalue weighted by atomic mass is 32.1.